The first-order valence-electron chi connectivity index (χ1n) is 5.38. The molecule has 2 rings (SSSR count). The fourth-order valence-corrected chi connectivity index (χ4v) is 2.93. The second-order valence-electron chi connectivity index (χ2n) is 3.99. The minimum absolute atomic E-state index is 0.185. The van der Waals surface area contributed by atoms with Crippen molar-refractivity contribution in [3.05, 3.63) is 0 Å². The van der Waals surface area contributed by atoms with Crippen molar-refractivity contribution in [3.63, 3.8) is 0 Å². The average Bonchev–Trinajstić information content (AvgIpc) is 2.78. The van der Waals surface area contributed by atoms with E-state index in [-0.39, 0.29) is 5.54 Å². The normalized spacial score (nSPS) is 31.9. The zero-order chi connectivity index (χ0) is 9.86. The lowest BCUT2D eigenvalue weighted by atomic mass is 9.93. The SMILES string of the molecule is CCCC1(NC2=NCCS2)CCOC1. The lowest BCUT2D eigenvalue weighted by molar-refractivity contribution is 0.170. The van der Waals surface area contributed by atoms with Crippen LogP contribution in [0.5, 0.6) is 0 Å². The fraction of sp³-hybridized carbons (Fsp3) is 0.900. The second-order valence-corrected chi connectivity index (χ2v) is 5.08. The topological polar surface area (TPSA) is 33.6 Å². The Labute approximate surface area is 89.7 Å². The Bertz CT molecular complexity index is 224. The number of aliphatic imine (C=N–C) groups is 1. The van der Waals surface area contributed by atoms with Gasteiger partial charge in [0.25, 0.3) is 0 Å². The third kappa shape index (κ3) is 2.23. The Morgan fingerprint density at radius 3 is 3.14 bits per heavy atom. The summed E-state index contributed by atoms with van der Waals surface area (Å²) < 4.78 is 5.50. The highest BCUT2D eigenvalue weighted by Crippen LogP contribution is 2.26. The Morgan fingerprint density at radius 2 is 2.57 bits per heavy atom. The van der Waals surface area contributed by atoms with Crippen LogP contribution < -0.4 is 5.32 Å². The number of hydrogen-bond donors (Lipinski definition) is 1. The first-order valence-corrected chi connectivity index (χ1v) is 6.36. The van der Waals surface area contributed by atoms with E-state index in [1.54, 1.807) is 0 Å². The molecular weight excluding hydrogens is 196 g/mol. The van der Waals surface area contributed by atoms with Gasteiger partial charge in [-0.3, -0.25) is 4.99 Å². The van der Waals surface area contributed by atoms with E-state index in [1.807, 2.05) is 11.8 Å². The molecular formula is C10H18N2OS. The van der Waals surface area contributed by atoms with Crippen molar-refractivity contribution in [2.45, 2.75) is 31.7 Å². The van der Waals surface area contributed by atoms with Crippen LogP contribution in [0.2, 0.25) is 0 Å². The van der Waals surface area contributed by atoms with E-state index in [9.17, 15) is 0 Å². The molecule has 0 aliphatic carbocycles. The zero-order valence-corrected chi connectivity index (χ0v) is 9.53. The first-order chi connectivity index (χ1) is 6.85. The summed E-state index contributed by atoms with van der Waals surface area (Å²) in [7, 11) is 0. The molecule has 0 spiro atoms. The molecule has 0 amide bonds. The van der Waals surface area contributed by atoms with Crippen LogP contribution in [0.1, 0.15) is 26.2 Å². The minimum atomic E-state index is 0.185. The molecule has 2 aliphatic rings. The van der Waals surface area contributed by atoms with Crippen molar-refractivity contribution < 1.29 is 4.74 Å². The number of nitrogens with zero attached hydrogens (tertiary/aromatic N) is 1. The molecule has 1 N–H and O–H groups in total. The van der Waals surface area contributed by atoms with Gasteiger partial charge in [-0.05, 0) is 12.8 Å². The molecule has 3 nitrogen and oxygen atoms in total. The van der Waals surface area contributed by atoms with Gasteiger partial charge in [-0.25, -0.2) is 0 Å². The fourth-order valence-electron chi connectivity index (χ4n) is 2.08. The predicted octanol–water partition coefficient (Wildman–Crippen LogP) is 1.64. The van der Waals surface area contributed by atoms with Gasteiger partial charge in [0.15, 0.2) is 5.17 Å². The van der Waals surface area contributed by atoms with Crippen molar-refractivity contribution in [2.75, 3.05) is 25.5 Å². The zero-order valence-electron chi connectivity index (χ0n) is 8.71. The van der Waals surface area contributed by atoms with E-state index < -0.39 is 0 Å². The summed E-state index contributed by atoms with van der Waals surface area (Å²) in [6, 6.07) is 0. The highest BCUT2D eigenvalue weighted by Gasteiger charge is 2.35. The lowest BCUT2D eigenvalue weighted by Gasteiger charge is -2.29. The van der Waals surface area contributed by atoms with Gasteiger partial charge < -0.3 is 10.1 Å². The van der Waals surface area contributed by atoms with Crippen LogP contribution in [0.15, 0.2) is 4.99 Å². The van der Waals surface area contributed by atoms with Crippen LogP contribution in [0, 0.1) is 0 Å². The van der Waals surface area contributed by atoms with Crippen molar-refractivity contribution in [1.82, 2.24) is 5.32 Å². The van der Waals surface area contributed by atoms with Crippen molar-refractivity contribution in [2.24, 2.45) is 4.99 Å². The summed E-state index contributed by atoms with van der Waals surface area (Å²) in [6.45, 7) is 4.94. The van der Waals surface area contributed by atoms with E-state index in [0.717, 1.165) is 37.1 Å². The van der Waals surface area contributed by atoms with Crippen LogP contribution in [-0.2, 0) is 4.74 Å². The average molecular weight is 214 g/mol. The number of rotatable bonds is 3. The largest absolute Gasteiger partial charge is 0.379 e. The molecule has 80 valence electrons. The third-order valence-electron chi connectivity index (χ3n) is 2.79. The maximum absolute atomic E-state index is 5.50. The van der Waals surface area contributed by atoms with Crippen molar-refractivity contribution >= 4 is 16.9 Å². The summed E-state index contributed by atoms with van der Waals surface area (Å²) in [5.74, 6) is 1.13. The third-order valence-corrected chi connectivity index (χ3v) is 3.68. The monoisotopic (exact) mass is 214 g/mol. The second kappa shape index (κ2) is 4.53. The molecule has 0 aromatic rings. The first kappa shape index (κ1) is 10.3. The van der Waals surface area contributed by atoms with Gasteiger partial charge in [0.05, 0.1) is 18.7 Å². The van der Waals surface area contributed by atoms with Gasteiger partial charge in [0, 0.05) is 12.4 Å². The van der Waals surface area contributed by atoms with Gasteiger partial charge in [0.1, 0.15) is 0 Å². The Morgan fingerprint density at radius 1 is 1.64 bits per heavy atom. The number of thioether (sulfide) groups is 1. The van der Waals surface area contributed by atoms with Gasteiger partial charge in [-0.1, -0.05) is 25.1 Å². The quantitative estimate of drug-likeness (QED) is 0.775. The maximum Gasteiger partial charge on any atom is 0.157 e. The van der Waals surface area contributed by atoms with Crippen LogP contribution in [-0.4, -0.2) is 36.2 Å². The summed E-state index contributed by atoms with van der Waals surface area (Å²) in [5.41, 5.74) is 0.185. The van der Waals surface area contributed by atoms with Crippen LogP contribution >= 0.6 is 11.8 Å². The minimum Gasteiger partial charge on any atom is -0.379 e. The van der Waals surface area contributed by atoms with Crippen LogP contribution in [0.3, 0.4) is 0 Å². The van der Waals surface area contributed by atoms with E-state index in [4.69, 9.17) is 4.74 Å². The molecule has 0 aromatic carbocycles. The molecule has 1 unspecified atom stereocenters. The Hall–Kier alpha value is -0.220. The van der Waals surface area contributed by atoms with E-state index >= 15 is 0 Å². The van der Waals surface area contributed by atoms with Gasteiger partial charge in [0.2, 0.25) is 0 Å². The Balaban J connectivity index is 1.96. The lowest BCUT2D eigenvalue weighted by Crippen LogP contribution is -2.47. The Kier molecular flexibility index (Phi) is 3.34. The molecule has 14 heavy (non-hydrogen) atoms. The summed E-state index contributed by atoms with van der Waals surface area (Å²) in [6.07, 6.45) is 3.52. The van der Waals surface area contributed by atoms with Gasteiger partial charge >= 0.3 is 0 Å². The van der Waals surface area contributed by atoms with Gasteiger partial charge in [-0.15, -0.1) is 0 Å². The van der Waals surface area contributed by atoms with Crippen molar-refractivity contribution in [1.29, 1.82) is 0 Å². The van der Waals surface area contributed by atoms with Gasteiger partial charge in [-0.2, -0.15) is 0 Å². The number of ether oxygens (including phenoxy) is 1. The maximum atomic E-state index is 5.50. The summed E-state index contributed by atoms with van der Waals surface area (Å²) in [4.78, 5) is 4.44. The smallest absolute Gasteiger partial charge is 0.157 e. The summed E-state index contributed by atoms with van der Waals surface area (Å²) in [5, 5.41) is 4.71. The molecule has 0 saturated carbocycles. The van der Waals surface area contributed by atoms with Crippen molar-refractivity contribution in [3.8, 4) is 0 Å². The number of hydrogen-bond acceptors (Lipinski definition) is 4. The predicted molar refractivity (Wildman–Crippen MR) is 61.0 cm³/mol. The molecule has 2 aliphatic heterocycles. The van der Waals surface area contributed by atoms with Crippen LogP contribution in [0.25, 0.3) is 0 Å². The molecule has 0 aromatic heterocycles. The highest BCUT2D eigenvalue weighted by atomic mass is 32.2. The highest BCUT2D eigenvalue weighted by molar-refractivity contribution is 8.14. The number of amidine groups is 1. The van der Waals surface area contributed by atoms with E-state index in [1.165, 1.54) is 12.8 Å². The summed E-state index contributed by atoms with van der Waals surface area (Å²) >= 11 is 1.84. The standard InChI is InChI=1S/C10H18N2OS/c1-2-3-10(4-6-13-8-10)12-9-11-5-7-14-9/h2-8H2,1H3,(H,11,12). The van der Waals surface area contributed by atoms with Crippen LogP contribution in [0.4, 0.5) is 0 Å². The van der Waals surface area contributed by atoms with E-state index in [0.29, 0.717) is 0 Å². The molecule has 1 saturated heterocycles. The van der Waals surface area contributed by atoms with E-state index in [2.05, 4.69) is 17.2 Å². The molecule has 4 heteroatoms. The molecule has 0 bridgehead atoms. The molecule has 0 radical (unpaired) electrons. The molecule has 1 fully saturated rings. The molecule has 1 atom stereocenters. The number of nitrogens with one attached hydrogen (secondary N) is 1. The molecule has 2 heterocycles.